The van der Waals surface area contributed by atoms with Crippen LogP contribution in [0.1, 0.15) is 12.8 Å². The molecule has 1 saturated heterocycles. The zero-order valence-electron chi connectivity index (χ0n) is 15.3. The molecule has 2 aliphatic heterocycles. The van der Waals surface area contributed by atoms with Crippen LogP contribution in [0, 0.1) is 0 Å². The highest BCUT2D eigenvalue weighted by molar-refractivity contribution is 5.97. The first kappa shape index (κ1) is 16.8. The summed E-state index contributed by atoms with van der Waals surface area (Å²) in [4.78, 5) is 24.5. The quantitative estimate of drug-likeness (QED) is 0.757. The molecule has 2 aromatic carbocycles. The van der Waals surface area contributed by atoms with Gasteiger partial charge in [-0.05, 0) is 37.1 Å². The number of carbonyl (C=O) groups excluding carboxylic acids is 1. The molecule has 0 spiro atoms. The first-order chi connectivity index (χ1) is 13.8. The van der Waals surface area contributed by atoms with Crippen molar-refractivity contribution in [3.8, 4) is 11.5 Å². The van der Waals surface area contributed by atoms with Gasteiger partial charge >= 0.3 is 0 Å². The van der Waals surface area contributed by atoms with Gasteiger partial charge in [0.25, 0.3) is 5.91 Å². The average Bonchev–Trinajstić information content (AvgIpc) is 3.27. The van der Waals surface area contributed by atoms with Crippen LogP contribution >= 0.6 is 0 Å². The zero-order chi connectivity index (χ0) is 18.9. The second-order valence-electron chi connectivity index (χ2n) is 6.93. The van der Waals surface area contributed by atoms with Gasteiger partial charge in [-0.3, -0.25) is 4.79 Å². The van der Waals surface area contributed by atoms with Crippen LogP contribution in [-0.4, -0.2) is 41.7 Å². The van der Waals surface area contributed by atoms with Crippen molar-refractivity contribution in [1.29, 1.82) is 0 Å². The van der Waals surface area contributed by atoms with Crippen LogP contribution in [0.3, 0.4) is 0 Å². The Kier molecular flexibility index (Phi) is 4.20. The highest BCUT2D eigenvalue weighted by Crippen LogP contribution is 2.32. The summed E-state index contributed by atoms with van der Waals surface area (Å²) in [6, 6.07) is 15.0. The lowest BCUT2D eigenvalue weighted by atomic mass is 10.2. The van der Waals surface area contributed by atoms with E-state index in [1.807, 2.05) is 42.5 Å². The molecule has 0 aliphatic carbocycles. The molecule has 142 valence electrons. The van der Waals surface area contributed by atoms with E-state index in [0.29, 0.717) is 23.1 Å². The van der Waals surface area contributed by atoms with E-state index in [4.69, 9.17) is 14.5 Å². The third-order valence-corrected chi connectivity index (χ3v) is 5.00. The van der Waals surface area contributed by atoms with Gasteiger partial charge in [0.05, 0.1) is 11.0 Å². The number of nitrogens with one attached hydrogen (secondary N) is 1. The third kappa shape index (κ3) is 3.09. The van der Waals surface area contributed by atoms with Gasteiger partial charge in [0, 0.05) is 13.1 Å². The number of anilines is 2. The molecule has 0 saturated carbocycles. The smallest absolute Gasteiger partial charge is 0.270 e. The summed E-state index contributed by atoms with van der Waals surface area (Å²) in [6.45, 7) is 1.97. The molecule has 2 aliphatic rings. The van der Waals surface area contributed by atoms with E-state index in [1.165, 1.54) is 0 Å². The van der Waals surface area contributed by atoms with Crippen molar-refractivity contribution in [3.63, 3.8) is 0 Å². The van der Waals surface area contributed by atoms with Crippen molar-refractivity contribution in [2.24, 2.45) is 0 Å². The van der Waals surface area contributed by atoms with Crippen LogP contribution < -0.4 is 19.7 Å². The van der Waals surface area contributed by atoms with Gasteiger partial charge < -0.3 is 19.7 Å². The van der Waals surface area contributed by atoms with Gasteiger partial charge in [-0.2, -0.15) is 0 Å². The van der Waals surface area contributed by atoms with E-state index in [0.717, 1.165) is 37.0 Å². The topological polar surface area (TPSA) is 76.6 Å². The van der Waals surface area contributed by atoms with Crippen LogP contribution in [0.4, 0.5) is 11.6 Å². The molecule has 1 N–H and O–H groups in total. The Balaban J connectivity index is 1.44. The Labute approximate surface area is 162 Å². The van der Waals surface area contributed by atoms with Crippen LogP contribution in [0.25, 0.3) is 11.0 Å². The fourth-order valence-electron chi connectivity index (χ4n) is 3.57. The van der Waals surface area contributed by atoms with E-state index < -0.39 is 6.10 Å². The number of ether oxygens (including phenoxy) is 2. The predicted octanol–water partition coefficient (Wildman–Crippen LogP) is 3.01. The molecule has 1 fully saturated rings. The fraction of sp³-hybridized carbons (Fsp3) is 0.286. The molecule has 1 aromatic heterocycles. The lowest BCUT2D eigenvalue weighted by molar-refractivity contribution is -0.125. The maximum absolute atomic E-state index is 12.9. The number of rotatable bonds is 3. The molecule has 7 heteroatoms. The number of hydrogen-bond acceptors (Lipinski definition) is 6. The number of para-hydroxylation sites is 4. The minimum atomic E-state index is -0.741. The number of nitrogens with zero attached hydrogens (tertiary/aromatic N) is 3. The number of amides is 1. The number of hydrogen-bond donors (Lipinski definition) is 1. The summed E-state index contributed by atoms with van der Waals surface area (Å²) < 4.78 is 11.5. The van der Waals surface area contributed by atoms with E-state index in [-0.39, 0.29) is 12.5 Å². The number of aromatic nitrogens is 2. The van der Waals surface area contributed by atoms with Crippen LogP contribution in [0.15, 0.2) is 48.5 Å². The van der Waals surface area contributed by atoms with Gasteiger partial charge in [-0.25, -0.2) is 9.97 Å². The van der Waals surface area contributed by atoms with Gasteiger partial charge in [0.2, 0.25) is 6.10 Å². The lowest BCUT2D eigenvalue weighted by Gasteiger charge is -2.26. The monoisotopic (exact) mass is 376 g/mol. The molecule has 0 radical (unpaired) electrons. The van der Waals surface area contributed by atoms with E-state index in [9.17, 15) is 4.79 Å². The fourth-order valence-corrected chi connectivity index (χ4v) is 3.57. The molecule has 0 unspecified atom stereocenters. The van der Waals surface area contributed by atoms with Crippen LogP contribution in [0.5, 0.6) is 11.5 Å². The molecule has 7 nitrogen and oxygen atoms in total. The van der Waals surface area contributed by atoms with E-state index in [1.54, 1.807) is 6.07 Å². The summed E-state index contributed by atoms with van der Waals surface area (Å²) in [5, 5.41) is 2.92. The van der Waals surface area contributed by atoms with Crippen molar-refractivity contribution in [3.05, 3.63) is 48.5 Å². The number of fused-ring (bicyclic) bond motifs is 2. The lowest BCUT2D eigenvalue weighted by Crippen LogP contribution is -2.40. The minimum Gasteiger partial charge on any atom is -0.485 e. The largest absolute Gasteiger partial charge is 0.485 e. The summed E-state index contributed by atoms with van der Waals surface area (Å²) in [5.41, 5.74) is 1.56. The summed E-state index contributed by atoms with van der Waals surface area (Å²) in [5.74, 6) is 2.10. The van der Waals surface area contributed by atoms with Crippen molar-refractivity contribution in [2.45, 2.75) is 18.9 Å². The van der Waals surface area contributed by atoms with Gasteiger partial charge in [-0.1, -0.05) is 24.3 Å². The summed E-state index contributed by atoms with van der Waals surface area (Å²) in [6.07, 6.45) is 1.48. The predicted molar refractivity (Wildman–Crippen MR) is 106 cm³/mol. The Morgan fingerprint density at radius 3 is 2.43 bits per heavy atom. The molecule has 1 amide bonds. The number of benzene rings is 2. The Morgan fingerprint density at radius 2 is 1.64 bits per heavy atom. The second kappa shape index (κ2) is 6.99. The van der Waals surface area contributed by atoms with Crippen LogP contribution in [0.2, 0.25) is 0 Å². The minimum absolute atomic E-state index is 0.156. The summed E-state index contributed by atoms with van der Waals surface area (Å²) >= 11 is 0. The average molecular weight is 376 g/mol. The van der Waals surface area contributed by atoms with Gasteiger partial charge in [0.1, 0.15) is 6.61 Å². The molecule has 3 aromatic rings. The van der Waals surface area contributed by atoms with Crippen LogP contribution in [-0.2, 0) is 4.79 Å². The molecular formula is C21H20N4O3. The molecule has 1 atom stereocenters. The standard InChI is InChI=1S/C21H20N4O3/c26-21(18-13-27-16-9-3-4-10-17(16)28-18)24-19-20(25-11-5-6-12-25)23-15-8-2-1-7-14(15)22-19/h1-4,7-10,18H,5-6,11-13H2,(H,22,24,26)/t18-/m0/s1. The normalized spacial score (nSPS) is 18.3. The van der Waals surface area contributed by atoms with Crippen molar-refractivity contribution in [1.82, 2.24) is 9.97 Å². The highest BCUT2D eigenvalue weighted by atomic mass is 16.6. The van der Waals surface area contributed by atoms with Crippen molar-refractivity contribution in [2.75, 3.05) is 29.9 Å². The Bertz CT molecular complexity index is 1030. The third-order valence-electron chi connectivity index (χ3n) is 5.00. The van der Waals surface area contributed by atoms with E-state index in [2.05, 4.69) is 15.2 Å². The SMILES string of the molecule is O=C(Nc1nc2ccccc2nc1N1CCCC1)[C@@H]1COc2ccccc2O1. The first-order valence-corrected chi connectivity index (χ1v) is 9.49. The molecular weight excluding hydrogens is 356 g/mol. The zero-order valence-corrected chi connectivity index (χ0v) is 15.3. The first-order valence-electron chi connectivity index (χ1n) is 9.49. The molecule has 28 heavy (non-hydrogen) atoms. The van der Waals surface area contributed by atoms with Gasteiger partial charge in [-0.15, -0.1) is 0 Å². The Hall–Kier alpha value is -3.35. The number of carbonyl (C=O) groups is 1. The van der Waals surface area contributed by atoms with Crippen molar-refractivity contribution >= 4 is 28.6 Å². The van der Waals surface area contributed by atoms with E-state index >= 15 is 0 Å². The summed E-state index contributed by atoms with van der Waals surface area (Å²) in [7, 11) is 0. The molecule has 0 bridgehead atoms. The second-order valence-corrected chi connectivity index (χ2v) is 6.93. The molecule has 3 heterocycles. The molecule has 5 rings (SSSR count). The van der Waals surface area contributed by atoms with Gasteiger partial charge in [0.15, 0.2) is 23.1 Å². The van der Waals surface area contributed by atoms with Crippen molar-refractivity contribution < 1.29 is 14.3 Å². The highest BCUT2D eigenvalue weighted by Gasteiger charge is 2.29. The Morgan fingerprint density at radius 1 is 0.964 bits per heavy atom. The maximum Gasteiger partial charge on any atom is 0.270 e. The maximum atomic E-state index is 12.9.